The van der Waals surface area contributed by atoms with Gasteiger partial charge in [0, 0.05) is 21.2 Å². The van der Waals surface area contributed by atoms with E-state index in [-0.39, 0.29) is 17.4 Å². The number of aromatic carboxylic acids is 1. The molecule has 0 aliphatic heterocycles. The van der Waals surface area contributed by atoms with Crippen LogP contribution < -0.4 is 0 Å². The molecule has 0 aliphatic rings. The van der Waals surface area contributed by atoms with Crippen molar-refractivity contribution in [2.75, 3.05) is 0 Å². The van der Waals surface area contributed by atoms with E-state index in [1.165, 1.54) is 17.5 Å². The molecule has 0 aliphatic carbocycles. The molecule has 3 aromatic carbocycles. The highest BCUT2D eigenvalue weighted by Gasteiger charge is 2.21. The van der Waals surface area contributed by atoms with Crippen LogP contribution in [0.1, 0.15) is 25.9 Å². The van der Waals surface area contributed by atoms with E-state index in [1.54, 1.807) is 24.3 Å². The number of nitrogens with one attached hydrogen (secondary N) is 1. The van der Waals surface area contributed by atoms with Crippen LogP contribution >= 0.6 is 11.3 Å². The Labute approximate surface area is 186 Å². The number of thiophene rings is 1. The molecule has 0 amide bonds. The fourth-order valence-electron chi connectivity index (χ4n) is 3.65. The van der Waals surface area contributed by atoms with Gasteiger partial charge in [-0.3, -0.25) is 4.79 Å². The van der Waals surface area contributed by atoms with E-state index in [2.05, 4.69) is 9.97 Å². The molecular weight excluding hydrogens is 424 g/mol. The van der Waals surface area contributed by atoms with Gasteiger partial charge in [-0.1, -0.05) is 54.6 Å². The molecule has 2 aromatic heterocycles. The summed E-state index contributed by atoms with van der Waals surface area (Å²) in [6.45, 7) is 0. The summed E-state index contributed by atoms with van der Waals surface area (Å²) in [7, 11) is 0. The van der Waals surface area contributed by atoms with Gasteiger partial charge in [0.1, 0.15) is 5.75 Å². The van der Waals surface area contributed by atoms with Gasteiger partial charge in [-0.2, -0.15) is 0 Å². The van der Waals surface area contributed by atoms with Gasteiger partial charge >= 0.3 is 5.97 Å². The van der Waals surface area contributed by atoms with Crippen LogP contribution in [0.4, 0.5) is 0 Å². The molecule has 5 rings (SSSR count). The summed E-state index contributed by atoms with van der Waals surface area (Å²) in [6, 6.07) is 21.7. The van der Waals surface area contributed by atoms with Crippen molar-refractivity contribution in [2.24, 2.45) is 0 Å². The lowest BCUT2D eigenvalue weighted by molar-refractivity contribution is 0.0684. The molecule has 0 saturated heterocycles. The topological polar surface area (TPSA) is 103 Å². The number of carbonyl (C=O) groups excluding carboxylic acids is 1. The normalized spacial score (nSPS) is 11.0. The van der Waals surface area contributed by atoms with Crippen molar-refractivity contribution in [2.45, 2.75) is 0 Å². The molecule has 0 saturated carbocycles. The first-order valence-corrected chi connectivity index (χ1v) is 10.6. The maximum atomic E-state index is 13.3. The molecular formula is C25H16N2O4S. The summed E-state index contributed by atoms with van der Waals surface area (Å²) in [6.07, 6.45) is 1.48. The summed E-state index contributed by atoms with van der Waals surface area (Å²) >= 11 is 1.35. The van der Waals surface area contributed by atoms with E-state index < -0.39 is 5.97 Å². The summed E-state index contributed by atoms with van der Waals surface area (Å²) in [5, 5.41) is 19.9. The van der Waals surface area contributed by atoms with Crippen molar-refractivity contribution in [3.8, 4) is 28.1 Å². The number of fused-ring (bicyclic) bond motifs is 1. The first-order valence-electron chi connectivity index (χ1n) is 9.75. The SMILES string of the molecule is O=C(O)c1ncc(-c2ccc(-c3c(C(=O)c4ccccc4)sc4cc(O)ccc34)cc2)[nH]1. The average molecular weight is 440 g/mol. The molecule has 5 aromatic rings. The Balaban J connectivity index is 1.62. The number of aromatic nitrogens is 2. The Kier molecular flexibility index (Phi) is 4.80. The van der Waals surface area contributed by atoms with Gasteiger partial charge in [0.05, 0.1) is 16.8 Å². The van der Waals surface area contributed by atoms with Gasteiger partial charge in [-0.05, 0) is 29.3 Å². The Hall–Kier alpha value is -4.23. The molecule has 0 spiro atoms. The second kappa shape index (κ2) is 7.79. The van der Waals surface area contributed by atoms with Crippen LogP contribution in [-0.2, 0) is 0 Å². The molecule has 0 radical (unpaired) electrons. The summed E-state index contributed by atoms with van der Waals surface area (Å²) in [5.74, 6) is -1.17. The largest absolute Gasteiger partial charge is 0.508 e. The highest BCUT2D eigenvalue weighted by molar-refractivity contribution is 7.21. The number of nitrogens with zero attached hydrogens (tertiary/aromatic N) is 1. The minimum atomic E-state index is -1.12. The zero-order valence-electron chi connectivity index (χ0n) is 16.6. The Bertz CT molecular complexity index is 1470. The molecule has 3 N–H and O–H groups in total. The van der Waals surface area contributed by atoms with E-state index >= 15 is 0 Å². The number of phenols is 1. The molecule has 7 heteroatoms. The highest BCUT2D eigenvalue weighted by Crippen LogP contribution is 2.41. The second-order valence-electron chi connectivity index (χ2n) is 7.21. The van der Waals surface area contributed by atoms with Gasteiger partial charge in [0.2, 0.25) is 11.6 Å². The number of imidazole rings is 1. The Morgan fingerprint density at radius 2 is 1.62 bits per heavy atom. The van der Waals surface area contributed by atoms with Crippen molar-refractivity contribution >= 4 is 33.2 Å². The lowest BCUT2D eigenvalue weighted by Gasteiger charge is -2.07. The molecule has 32 heavy (non-hydrogen) atoms. The first kappa shape index (κ1) is 19.7. The predicted octanol–water partition coefficient (Wildman–Crippen LogP) is 5.59. The number of ketones is 1. The fourth-order valence-corrected chi connectivity index (χ4v) is 4.87. The van der Waals surface area contributed by atoms with Crippen LogP contribution in [-0.4, -0.2) is 31.9 Å². The zero-order valence-corrected chi connectivity index (χ0v) is 17.4. The van der Waals surface area contributed by atoms with Crippen LogP contribution in [0.15, 0.2) is 79.0 Å². The van der Waals surface area contributed by atoms with Gasteiger partial charge < -0.3 is 15.2 Å². The van der Waals surface area contributed by atoms with Gasteiger partial charge in [-0.25, -0.2) is 9.78 Å². The number of rotatable bonds is 5. The molecule has 0 fully saturated rings. The highest BCUT2D eigenvalue weighted by atomic mass is 32.1. The number of hydrogen-bond acceptors (Lipinski definition) is 5. The molecule has 0 atom stereocenters. The minimum absolute atomic E-state index is 0.0787. The lowest BCUT2D eigenvalue weighted by Crippen LogP contribution is -2.00. The van der Waals surface area contributed by atoms with E-state index in [4.69, 9.17) is 5.11 Å². The third-order valence-electron chi connectivity index (χ3n) is 5.18. The van der Waals surface area contributed by atoms with Crippen LogP contribution in [0.2, 0.25) is 0 Å². The van der Waals surface area contributed by atoms with Crippen molar-refractivity contribution in [1.82, 2.24) is 9.97 Å². The van der Waals surface area contributed by atoms with Crippen molar-refractivity contribution in [1.29, 1.82) is 0 Å². The number of carboxylic acid groups (broad SMARTS) is 1. The maximum absolute atomic E-state index is 13.3. The lowest BCUT2D eigenvalue weighted by atomic mass is 9.97. The molecule has 0 unspecified atom stereocenters. The number of benzene rings is 3. The zero-order chi connectivity index (χ0) is 22.2. The number of carboxylic acids is 1. The van der Waals surface area contributed by atoms with Crippen LogP contribution in [0, 0.1) is 0 Å². The Morgan fingerprint density at radius 1 is 0.906 bits per heavy atom. The van der Waals surface area contributed by atoms with E-state index in [9.17, 15) is 14.7 Å². The number of hydrogen-bond donors (Lipinski definition) is 3. The van der Waals surface area contributed by atoms with Crippen molar-refractivity contribution in [3.63, 3.8) is 0 Å². The van der Waals surface area contributed by atoms with Gasteiger partial charge in [0.15, 0.2) is 0 Å². The third-order valence-corrected chi connectivity index (χ3v) is 6.33. The van der Waals surface area contributed by atoms with Crippen molar-refractivity contribution in [3.05, 3.63) is 95.3 Å². The van der Waals surface area contributed by atoms with Crippen LogP contribution in [0.3, 0.4) is 0 Å². The van der Waals surface area contributed by atoms with Gasteiger partial charge in [0.25, 0.3) is 0 Å². The number of carbonyl (C=O) groups is 2. The molecule has 6 nitrogen and oxygen atoms in total. The van der Waals surface area contributed by atoms with Crippen LogP contribution in [0.5, 0.6) is 5.75 Å². The molecule has 2 heterocycles. The minimum Gasteiger partial charge on any atom is -0.508 e. The molecule has 0 bridgehead atoms. The van der Waals surface area contributed by atoms with Crippen molar-refractivity contribution < 1.29 is 19.8 Å². The first-order chi connectivity index (χ1) is 15.5. The smallest absolute Gasteiger partial charge is 0.371 e. The predicted molar refractivity (Wildman–Crippen MR) is 123 cm³/mol. The van der Waals surface area contributed by atoms with Crippen LogP contribution in [0.25, 0.3) is 32.5 Å². The average Bonchev–Trinajstić information content (AvgIpc) is 3.44. The van der Waals surface area contributed by atoms with Gasteiger partial charge in [-0.15, -0.1) is 11.3 Å². The fraction of sp³-hybridized carbons (Fsp3) is 0. The summed E-state index contributed by atoms with van der Waals surface area (Å²) < 4.78 is 0.822. The number of phenolic OH excluding ortho intramolecular Hbond substituents is 1. The maximum Gasteiger partial charge on any atom is 0.371 e. The van der Waals surface area contributed by atoms with E-state index in [1.807, 2.05) is 48.5 Å². The quantitative estimate of drug-likeness (QED) is 0.309. The Morgan fingerprint density at radius 3 is 2.31 bits per heavy atom. The number of aromatic amines is 1. The third kappa shape index (κ3) is 3.44. The number of H-pyrrole nitrogens is 1. The summed E-state index contributed by atoms with van der Waals surface area (Å²) in [4.78, 5) is 31.6. The molecule has 156 valence electrons. The number of aromatic hydroxyl groups is 1. The monoisotopic (exact) mass is 440 g/mol. The van der Waals surface area contributed by atoms with E-state index in [0.29, 0.717) is 16.1 Å². The standard InChI is InChI=1S/C25H16N2O4S/c28-17-10-11-18-20(12-17)32-23(22(29)16-4-2-1-3-5-16)21(18)15-8-6-14(7-9-15)19-13-26-24(27-19)25(30)31/h1-13,28H,(H,26,27)(H,30,31). The summed E-state index contributed by atoms with van der Waals surface area (Å²) in [5.41, 5.74) is 3.63. The van der Waals surface area contributed by atoms with E-state index in [0.717, 1.165) is 26.8 Å². The second-order valence-corrected chi connectivity index (χ2v) is 8.26.